The summed E-state index contributed by atoms with van der Waals surface area (Å²) in [7, 11) is 1.73. The molecule has 136 valence electrons. The Kier molecular flexibility index (Phi) is 4.36. The summed E-state index contributed by atoms with van der Waals surface area (Å²) >= 11 is 0. The van der Waals surface area contributed by atoms with E-state index in [-0.39, 0.29) is 23.1 Å². The molecule has 0 aromatic heterocycles. The highest BCUT2D eigenvalue weighted by molar-refractivity contribution is 5.74. The molecule has 4 rings (SSSR count). The van der Waals surface area contributed by atoms with Crippen LogP contribution < -0.4 is 15.4 Å². The number of hydrogen-bond donors (Lipinski definition) is 2. The van der Waals surface area contributed by atoms with E-state index in [1.807, 2.05) is 18.2 Å². The zero-order valence-corrected chi connectivity index (χ0v) is 15.0. The van der Waals surface area contributed by atoms with Crippen LogP contribution in [0.3, 0.4) is 0 Å². The molecule has 1 atom stereocenters. The maximum atomic E-state index is 12.5. The Morgan fingerprint density at radius 1 is 1.28 bits per heavy atom. The van der Waals surface area contributed by atoms with Crippen molar-refractivity contribution in [2.75, 3.05) is 20.3 Å². The maximum absolute atomic E-state index is 12.5. The van der Waals surface area contributed by atoms with Gasteiger partial charge in [0.05, 0.1) is 6.04 Å². The van der Waals surface area contributed by atoms with Gasteiger partial charge in [-0.15, -0.1) is 0 Å². The molecule has 25 heavy (non-hydrogen) atoms. The Labute approximate surface area is 149 Å². The molecule has 1 aromatic carbocycles. The Bertz CT molecular complexity index is 638. The van der Waals surface area contributed by atoms with Crippen LogP contribution in [0.5, 0.6) is 5.75 Å². The number of hydrogen-bond acceptors (Lipinski definition) is 3. The molecule has 1 spiro atoms. The Morgan fingerprint density at radius 3 is 2.76 bits per heavy atom. The van der Waals surface area contributed by atoms with Gasteiger partial charge in [0.2, 0.25) is 0 Å². The highest BCUT2D eigenvalue weighted by Crippen LogP contribution is 2.49. The normalized spacial score (nSPS) is 24.6. The van der Waals surface area contributed by atoms with Gasteiger partial charge < -0.3 is 20.1 Å². The average Bonchev–Trinajstić information content (AvgIpc) is 3.37. The van der Waals surface area contributed by atoms with Gasteiger partial charge in [0, 0.05) is 32.2 Å². The summed E-state index contributed by atoms with van der Waals surface area (Å²) in [5, 5.41) is 6.28. The zero-order valence-electron chi connectivity index (χ0n) is 15.0. The van der Waals surface area contributed by atoms with E-state index >= 15 is 0 Å². The highest BCUT2D eigenvalue weighted by Gasteiger charge is 2.46. The summed E-state index contributed by atoms with van der Waals surface area (Å²) in [5.41, 5.74) is 1.29. The van der Waals surface area contributed by atoms with Gasteiger partial charge in [0.15, 0.2) is 0 Å². The van der Waals surface area contributed by atoms with Crippen molar-refractivity contribution in [1.29, 1.82) is 0 Å². The molecule has 3 aliphatic rings. The molecule has 2 amide bonds. The summed E-state index contributed by atoms with van der Waals surface area (Å²) < 4.78 is 11.4. The van der Waals surface area contributed by atoms with Crippen molar-refractivity contribution < 1.29 is 14.3 Å². The van der Waals surface area contributed by atoms with E-state index in [0.717, 1.165) is 50.1 Å². The lowest BCUT2D eigenvalue weighted by atomic mass is 9.73. The van der Waals surface area contributed by atoms with Gasteiger partial charge in [-0.2, -0.15) is 0 Å². The number of rotatable bonds is 6. The predicted molar refractivity (Wildman–Crippen MR) is 95.7 cm³/mol. The number of ether oxygens (including phenoxy) is 2. The van der Waals surface area contributed by atoms with Crippen LogP contribution in [-0.2, 0) is 4.74 Å². The molecule has 5 heteroatoms. The molecule has 1 aromatic rings. The first-order chi connectivity index (χ1) is 12.1. The number of para-hydroxylation sites is 1. The van der Waals surface area contributed by atoms with Crippen molar-refractivity contribution in [2.24, 2.45) is 5.41 Å². The third kappa shape index (κ3) is 3.47. The minimum absolute atomic E-state index is 0.0272. The summed E-state index contributed by atoms with van der Waals surface area (Å²) in [5.74, 6) is 0.928. The van der Waals surface area contributed by atoms with Crippen LogP contribution >= 0.6 is 0 Å². The van der Waals surface area contributed by atoms with Crippen LogP contribution in [0.1, 0.15) is 56.6 Å². The lowest BCUT2D eigenvalue weighted by Crippen LogP contribution is -2.51. The quantitative estimate of drug-likeness (QED) is 0.830. The topological polar surface area (TPSA) is 59.6 Å². The third-order valence-electron chi connectivity index (χ3n) is 6.18. The van der Waals surface area contributed by atoms with E-state index in [4.69, 9.17) is 9.47 Å². The van der Waals surface area contributed by atoms with Crippen molar-refractivity contribution in [3.63, 3.8) is 0 Å². The first kappa shape index (κ1) is 16.7. The molecule has 0 unspecified atom stereocenters. The number of urea groups is 1. The van der Waals surface area contributed by atoms with Gasteiger partial charge in [-0.05, 0) is 50.0 Å². The predicted octanol–water partition coefficient (Wildman–Crippen LogP) is 3.55. The van der Waals surface area contributed by atoms with Gasteiger partial charge >= 0.3 is 6.03 Å². The van der Waals surface area contributed by atoms with E-state index in [0.29, 0.717) is 0 Å². The number of amides is 2. The Hall–Kier alpha value is -1.75. The first-order valence-electron chi connectivity index (χ1n) is 9.45. The minimum atomic E-state index is -0.0696. The molecule has 2 N–H and O–H groups in total. The van der Waals surface area contributed by atoms with Crippen LogP contribution in [0.25, 0.3) is 0 Å². The second kappa shape index (κ2) is 6.52. The van der Waals surface area contributed by atoms with Gasteiger partial charge in [-0.25, -0.2) is 4.79 Å². The van der Waals surface area contributed by atoms with E-state index in [2.05, 4.69) is 16.7 Å². The highest BCUT2D eigenvalue weighted by atomic mass is 16.5. The number of benzene rings is 1. The second-order valence-electron chi connectivity index (χ2n) is 8.00. The van der Waals surface area contributed by atoms with Crippen LogP contribution in [0, 0.1) is 5.41 Å². The molecule has 2 saturated carbocycles. The van der Waals surface area contributed by atoms with Crippen molar-refractivity contribution in [1.82, 2.24) is 10.6 Å². The summed E-state index contributed by atoms with van der Waals surface area (Å²) in [6, 6.07) is 8.05. The van der Waals surface area contributed by atoms with Gasteiger partial charge in [0.25, 0.3) is 0 Å². The molecule has 2 fully saturated rings. The summed E-state index contributed by atoms with van der Waals surface area (Å²) in [4.78, 5) is 12.5. The number of fused-ring (bicyclic) bond motifs is 1. The Balaban J connectivity index is 1.37. The minimum Gasteiger partial charge on any atom is -0.487 e. The maximum Gasteiger partial charge on any atom is 0.315 e. The fourth-order valence-corrected chi connectivity index (χ4v) is 4.11. The van der Waals surface area contributed by atoms with Crippen molar-refractivity contribution in [3.05, 3.63) is 29.8 Å². The molecule has 0 bridgehead atoms. The second-order valence-corrected chi connectivity index (χ2v) is 8.00. The molecule has 1 heterocycles. The van der Waals surface area contributed by atoms with E-state index in [1.165, 1.54) is 19.3 Å². The smallest absolute Gasteiger partial charge is 0.315 e. The van der Waals surface area contributed by atoms with Crippen molar-refractivity contribution in [3.8, 4) is 5.75 Å². The SMILES string of the molecule is COCCC1(CNC(=O)N[C@H]2CC3(CCC3)Oc3ccccc32)CC1. The van der Waals surface area contributed by atoms with Crippen LogP contribution in [0.2, 0.25) is 0 Å². The zero-order chi connectivity index (χ0) is 17.3. The van der Waals surface area contributed by atoms with E-state index in [1.54, 1.807) is 7.11 Å². The van der Waals surface area contributed by atoms with Crippen LogP contribution in [-0.4, -0.2) is 31.9 Å². The average molecular weight is 344 g/mol. The van der Waals surface area contributed by atoms with Gasteiger partial charge in [-0.3, -0.25) is 0 Å². The third-order valence-corrected chi connectivity index (χ3v) is 6.18. The fraction of sp³-hybridized carbons (Fsp3) is 0.650. The first-order valence-corrected chi connectivity index (χ1v) is 9.45. The molecule has 1 aliphatic heterocycles. The lowest BCUT2D eigenvalue weighted by molar-refractivity contribution is -0.0355. The van der Waals surface area contributed by atoms with Crippen molar-refractivity contribution in [2.45, 2.75) is 56.6 Å². The standard InChI is InChI=1S/C20H28N2O3/c1-24-12-11-19(9-10-19)14-21-18(23)22-16-13-20(7-4-8-20)25-17-6-3-2-5-15(16)17/h2-3,5-6,16H,4,7-14H2,1H3,(H2,21,22,23)/t16-/m0/s1. The lowest BCUT2D eigenvalue weighted by Gasteiger charge is -2.48. The van der Waals surface area contributed by atoms with E-state index < -0.39 is 0 Å². The van der Waals surface area contributed by atoms with Gasteiger partial charge in [-0.1, -0.05) is 18.2 Å². The molecular formula is C20H28N2O3. The van der Waals surface area contributed by atoms with Crippen LogP contribution in [0.15, 0.2) is 24.3 Å². The number of nitrogens with one attached hydrogen (secondary N) is 2. The molecule has 2 aliphatic carbocycles. The molecule has 0 radical (unpaired) electrons. The number of carbonyl (C=O) groups is 1. The van der Waals surface area contributed by atoms with E-state index in [9.17, 15) is 4.79 Å². The molecular weight excluding hydrogens is 316 g/mol. The summed E-state index contributed by atoms with van der Waals surface area (Å²) in [6.45, 7) is 1.50. The number of methoxy groups -OCH3 is 1. The molecule has 5 nitrogen and oxygen atoms in total. The molecule has 0 saturated heterocycles. The number of carbonyl (C=O) groups excluding carboxylic acids is 1. The monoisotopic (exact) mass is 344 g/mol. The van der Waals surface area contributed by atoms with Crippen molar-refractivity contribution >= 4 is 6.03 Å². The van der Waals surface area contributed by atoms with Gasteiger partial charge in [0.1, 0.15) is 11.4 Å². The Morgan fingerprint density at radius 2 is 2.08 bits per heavy atom. The van der Waals surface area contributed by atoms with Crippen LogP contribution in [0.4, 0.5) is 4.79 Å². The fourth-order valence-electron chi connectivity index (χ4n) is 4.11. The summed E-state index contributed by atoms with van der Waals surface area (Å²) in [6.07, 6.45) is 7.63. The largest absolute Gasteiger partial charge is 0.487 e.